The van der Waals surface area contributed by atoms with Crippen molar-refractivity contribution in [2.75, 3.05) is 7.11 Å². The number of fused-ring (bicyclic) bond motifs is 1. The minimum absolute atomic E-state index is 0.0517. The van der Waals surface area contributed by atoms with E-state index in [-0.39, 0.29) is 18.7 Å². The third kappa shape index (κ3) is 3.31. The fraction of sp³-hybridized carbons (Fsp3) is 0.474. The van der Waals surface area contributed by atoms with Crippen LogP contribution in [0.4, 0.5) is 13.2 Å². The molecule has 0 bridgehead atoms. The standard InChI is InChI=1S/C19H20F3N5O2/c1-17(2,28-3)16-26-25-14-10-23-13(11-27(14)16)12-5-6-15(24-9-12)29-18(7-4-8-18)19(20,21)22/h5-6,9-11H,4,7-8H2,1-3H3. The lowest BCUT2D eigenvalue weighted by atomic mass is 9.79. The van der Waals surface area contributed by atoms with Crippen LogP contribution in [0.15, 0.2) is 30.7 Å². The van der Waals surface area contributed by atoms with Crippen molar-refractivity contribution in [2.24, 2.45) is 0 Å². The Kier molecular flexibility index (Phi) is 4.49. The van der Waals surface area contributed by atoms with Crippen LogP contribution in [0.5, 0.6) is 5.88 Å². The molecule has 0 amide bonds. The van der Waals surface area contributed by atoms with E-state index in [1.54, 1.807) is 30.0 Å². The lowest BCUT2D eigenvalue weighted by Gasteiger charge is -2.42. The van der Waals surface area contributed by atoms with Crippen molar-refractivity contribution >= 4 is 5.65 Å². The van der Waals surface area contributed by atoms with Gasteiger partial charge in [-0.25, -0.2) is 4.98 Å². The Labute approximate surface area is 164 Å². The van der Waals surface area contributed by atoms with Gasteiger partial charge < -0.3 is 9.47 Å². The molecule has 0 aromatic carbocycles. The van der Waals surface area contributed by atoms with E-state index in [4.69, 9.17) is 9.47 Å². The molecule has 154 valence electrons. The fourth-order valence-corrected chi connectivity index (χ4v) is 3.19. The first-order valence-corrected chi connectivity index (χ1v) is 9.14. The van der Waals surface area contributed by atoms with Gasteiger partial charge in [0, 0.05) is 31.1 Å². The summed E-state index contributed by atoms with van der Waals surface area (Å²) in [7, 11) is 1.58. The van der Waals surface area contributed by atoms with Gasteiger partial charge in [0.15, 0.2) is 11.5 Å². The van der Waals surface area contributed by atoms with Crippen LogP contribution < -0.4 is 4.74 Å². The molecule has 0 N–H and O–H groups in total. The highest BCUT2D eigenvalue weighted by Gasteiger charge is 2.61. The van der Waals surface area contributed by atoms with Gasteiger partial charge in [-0.15, -0.1) is 10.2 Å². The zero-order valence-electron chi connectivity index (χ0n) is 16.2. The number of aromatic nitrogens is 5. The molecule has 29 heavy (non-hydrogen) atoms. The van der Waals surface area contributed by atoms with E-state index in [0.717, 1.165) is 0 Å². The number of hydrogen-bond acceptors (Lipinski definition) is 6. The summed E-state index contributed by atoms with van der Waals surface area (Å²) in [5.41, 5.74) is -1.04. The quantitative estimate of drug-likeness (QED) is 0.638. The normalized spacial score (nSPS) is 16.6. The van der Waals surface area contributed by atoms with Crippen molar-refractivity contribution in [1.29, 1.82) is 0 Å². The number of rotatable bonds is 5. The van der Waals surface area contributed by atoms with E-state index >= 15 is 0 Å². The second-order valence-electron chi connectivity index (χ2n) is 7.57. The molecule has 0 spiro atoms. The van der Waals surface area contributed by atoms with E-state index in [2.05, 4.69) is 20.2 Å². The van der Waals surface area contributed by atoms with Crippen LogP contribution in [-0.4, -0.2) is 43.5 Å². The molecule has 1 saturated carbocycles. The van der Waals surface area contributed by atoms with Crippen LogP contribution in [0.2, 0.25) is 0 Å². The second-order valence-corrected chi connectivity index (χ2v) is 7.57. The zero-order chi connectivity index (χ0) is 20.9. The summed E-state index contributed by atoms with van der Waals surface area (Å²) < 4.78 is 52.3. The summed E-state index contributed by atoms with van der Waals surface area (Å²) in [4.78, 5) is 8.41. The number of pyridine rings is 1. The van der Waals surface area contributed by atoms with Crippen molar-refractivity contribution < 1.29 is 22.6 Å². The van der Waals surface area contributed by atoms with Gasteiger partial charge >= 0.3 is 6.18 Å². The molecule has 3 aromatic heterocycles. The largest absolute Gasteiger partial charge is 0.461 e. The third-order valence-electron chi connectivity index (χ3n) is 5.35. The molecule has 0 unspecified atom stereocenters. The molecule has 10 heteroatoms. The maximum atomic E-state index is 13.3. The first-order chi connectivity index (χ1) is 13.7. The number of alkyl halides is 3. The summed E-state index contributed by atoms with van der Waals surface area (Å²) in [6.45, 7) is 3.74. The Morgan fingerprint density at radius 2 is 1.83 bits per heavy atom. The van der Waals surface area contributed by atoms with Crippen molar-refractivity contribution in [2.45, 2.75) is 50.5 Å². The van der Waals surface area contributed by atoms with Crippen molar-refractivity contribution in [3.8, 4) is 17.1 Å². The summed E-state index contributed by atoms with van der Waals surface area (Å²) in [5.74, 6) is 0.543. The smallest absolute Gasteiger partial charge is 0.428 e. The molecule has 3 heterocycles. The fourth-order valence-electron chi connectivity index (χ4n) is 3.19. The number of nitrogens with zero attached hydrogens (tertiary/aromatic N) is 5. The summed E-state index contributed by atoms with van der Waals surface area (Å²) in [6, 6.07) is 3.06. The molecule has 0 atom stereocenters. The molecule has 0 aliphatic heterocycles. The average molecular weight is 407 g/mol. The first-order valence-electron chi connectivity index (χ1n) is 9.14. The Morgan fingerprint density at radius 3 is 2.38 bits per heavy atom. The number of halogens is 3. The number of hydrogen-bond donors (Lipinski definition) is 0. The predicted molar refractivity (Wildman–Crippen MR) is 97.3 cm³/mol. The number of methoxy groups -OCH3 is 1. The van der Waals surface area contributed by atoms with Crippen molar-refractivity contribution in [1.82, 2.24) is 24.6 Å². The molecular weight excluding hydrogens is 387 g/mol. The van der Waals surface area contributed by atoms with Crippen LogP contribution in [0.25, 0.3) is 16.9 Å². The molecule has 0 radical (unpaired) electrons. The SMILES string of the molecule is COC(C)(C)c1nnc2cnc(-c3ccc(OC4(C(F)(F)F)CCC4)nc3)cn12. The van der Waals surface area contributed by atoms with Gasteiger partial charge in [-0.2, -0.15) is 13.2 Å². The zero-order valence-corrected chi connectivity index (χ0v) is 16.2. The van der Waals surface area contributed by atoms with Gasteiger partial charge in [0.05, 0.1) is 11.9 Å². The molecule has 3 aromatic rings. The van der Waals surface area contributed by atoms with E-state index < -0.39 is 17.4 Å². The van der Waals surface area contributed by atoms with Gasteiger partial charge in [-0.3, -0.25) is 9.38 Å². The lowest BCUT2D eigenvalue weighted by molar-refractivity contribution is -0.275. The van der Waals surface area contributed by atoms with Crippen LogP contribution >= 0.6 is 0 Å². The van der Waals surface area contributed by atoms with Gasteiger partial charge in [-0.1, -0.05) is 0 Å². The van der Waals surface area contributed by atoms with E-state index in [1.807, 2.05) is 13.8 Å². The Balaban J connectivity index is 1.62. The molecule has 4 rings (SSSR count). The highest BCUT2D eigenvalue weighted by Crippen LogP contribution is 2.48. The molecule has 1 aliphatic rings. The molecule has 1 aliphatic carbocycles. The second kappa shape index (κ2) is 6.65. The van der Waals surface area contributed by atoms with Crippen molar-refractivity contribution in [3.05, 3.63) is 36.5 Å². The molecule has 1 fully saturated rings. The van der Waals surface area contributed by atoms with Gasteiger partial charge in [-0.05, 0) is 39.2 Å². The average Bonchev–Trinajstić information content (AvgIpc) is 3.08. The third-order valence-corrected chi connectivity index (χ3v) is 5.35. The molecule has 0 saturated heterocycles. The lowest BCUT2D eigenvalue weighted by Crippen LogP contribution is -2.55. The highest BCUT2D eigenvalue weighted by atomic mass is 19.4. The first kappa shape index (κ1) is 19.6. The van der Waals surface area contributed by atoms with Gasteiger partial charge in [0.25, 0.3) is 0 Å². The minimum atomic E-state index is -4.42. The summed E-state index contributed by atoms with van der Waals surface area (Å²) >= 11 is 0. The molecular formula is C19H20F3N5O2. The number of ether oxygens (including phenoxy) is 2. The van der Waals surface area contributed by atoms with Crippen LogP contribution in [-0.2, 0) is 10.3 Å². The highest BCUT2D eigenvalue weighted by molar-refractivity contribution is 5.59. The van der Waals surface area contributed by atoms with Crippen LogP contribution in [0.3, 0.4) is 0 Å². The monoisotopic (exact) mass is 407 g/mol. The Morgan fingerprint density at radius 1 is 1.07 bits per heavy atom. The van der Waals surface area contributed by atoms with Crippen LogP contribution in [0.1, 0.15) is 38.9 Å². The maximum absolute atomic E-state index is 13.3. The summed E-state index contributed by atoms with van der Waals surface area (Å²) in [5, 5.41) is 8.26. The predicted octanol–water partition coefficient (Wildman–Crippen LogP) is 3.93. The van der Waals surface area contributed by atoms with Gasteiger partial charge in [0.2, 0.25) is 11.5 Å². The molecule has 7 nitrogen and oxygen atoms in total. The van der Waals surface area contributed by atoms with Gasteiger partial charge in [0.1, 0.15) is 5.60 Å². The van der Waals surface area contributed by atoms with E-state index in [0.29, 0.717) is 29.1 Å². The maximum Gasteiger partial charge on any atom is 0.428 e. The van der Waals surface area contributed by atoms with E-state index in [9.17, 15) is 13.2 Å². The van der Waals surface area contributed by atoms with Crippen molar-refractivity contribution in [3.63, 3.8) is 0 Å². The Bertz CT molecular complexity index is 1030. The van der Waals surface area contributed by atoms with Crippen LogP contribution in [0, 0.1) is 0 Å². The topological polar surface area (TPSA) is 74.4 Å². The Hall–Kier alpha value is -2.75. The summed E-state index contributed by atoms with van der Waals surface area (Å²) in [6.07, 6.45) is 0.713. The van der Waals surface area contributed by atoms with E-state index in [1.165, 1.54) is 12.3 Å². The minimum Gasteiger partial charge on any atom is -0.461 e.